The summed E-state index contributed by atoms with van der Waals surface area (Å²) >= 11 is 0.804. The quantitative estimate of drug-likeness (QED) is 0.718. The van der Waals surface area contributed by atoms with Gasteiger partial charge in [0.2, 0.25) is 5.75 Å². The first kappa shape index (κ1) is 18.8. The lowest BCUT2D eigenvalue weighted by Crippen LogP contribution is -2.27. The maximum absolute atomic E-state index is 13.1. The molecule has 8 heteroatoms. The van der Waals surface area contributed by atoms with Crippen molar-refractivity contribution >= 4 is 34.7 Å². The van der Waals surface area contributed by atoms with Gasteiger partial charge in [0, 0.05) is 0 Å². The molecule has 1 heterocycles. The molecule has 1 aliphatic rings. The van der Waals surface area contributed by atoms with Gasteiger partial charge >= 0.3 is 0 Å². The van der Waals surface area contributed by atoms with Crippen molar-refractivity contribution in [3.63, 3.8) is 0 Å². The second-order valence-electron chi connectivity index (χ2n) is 5.45. The monoisotopic (exact) mass is 389 g/mol. The minimum atomic E-state index is -0.481. The number of amides is 2. The van der Waals surface area contributed by atoms with Gasteiger partial charge in [0.25, 0.3) is 11.1 Å². The van der Waals surface area contributed by atoms with E-state index in [2.05, 4.69) is 0 Å². The summed E-state index contributed by atoms with van der Waals surface area (Å²) in [5, 5.41) is -0.453. The first-order valence-corrected chi connectivity index (χ1v) is 8.63. The third-order valence-corrected chi connectivity index (χ3v) is 4.73. The first-order valence-electron chi connectivity index (χ1n) is 7.82. The van der Waals surface area contributed by atoms with E-state index in [1.807, 2.05) is 0 Å². The molecule has 0 atom stereocenters. The van der Waals surface area contributed by atoms with Crippen LogP contribution < -0.4 is 19.1 Å². The highest BCUT2D eigenvalue weighted by Crippen LogP contribution is 2.41. The molecule has 27 heavy (non-hydrogen) atoms. The van der Waals surface area contributed by atoms with Gasteiger partial charge in [-0.05, 0) is 59.8 Å². The lowest BCUT2D eigenvalue weighted by Gasteiger charge is -2.13. The summed E-state index contributed by atoms with van der Waals surface area (Å²) < 4.78 is 29.0. The van der Waals surface area contributed by atoms with Gasteiger partial charge in [-0.15, -0.1) is 0 Å². The number of halogens is 1. The Morgan fingerprint density at radius 1 is 0.963 bits per heavy atom. The normalized spacial score (nSPS) is 15.4. The van der Waals surface area contributed by atoms with Crippen LogP contribution in [0.25, 0.3) is 6.08 Å². The van der Waals surface area contributed by atoms with E-state index < -0.39 is 17.0 Å². The van der Waals surface area contributed by atoms with Crippen molar-refractivity contribution in [3.05, 3.63) is 52.7 Å². The number of hydrogen-bond acceptors (Lipinski definition) is 6. The number of nitrogens with zero attached hydrogens (tertiary/aromatic N) is 1. The molecule has 6 nitrogen and oxygen atoms in total. The molecule has 1 aliphatic heterocycles. The van der Waals surface area contributed by atoms with Gasteiger partial charge in [0.05, 0.1) is 31.9 Å². The summed E-state index contributed by atoms with van der Waals surface area (Å²) in [5.74, 6) is 0.363. The molecule has 2 amide bonds. The largest absolute Gasteiger partial charge is 0.493 e. The number of carbonyl (C=O) groups is 2. The third kappa shape index (κ3) is 3.61. The van der Waals surface area contributed by atoms with Gasteiger partial charge in [-0.1, -0.05) is 0 Å². The Balaban J connectivity index is 1.97. The van der Waals surface area contributed by atoms with Crippen LogP contribution in [-0.4, -0.2) is 32.5 Å². The van der Waals surface area contributed by atoms with Gasteiger partial charge in [-0.3, -0.25) is 9.59 Å². The van der Waals surface area contributed by atoms with E-state index >= 15 is 0 Å². The molecule has 1 fully saturated rings. The number of carbonyl (C=O) groups excluding carboxylic acids is 2. The van der Waals surface area contributed by atoms with Crippen molar-refractivity contribution in [2.24, 2.45) is 0 Å². The second kappa shape index (κ2) is 7.71. The van der Waals surface area contributed by atoms with Crippen LogP contribution >= 0.6 is 11.8 Å². The molecule has 2 aromatic rings. The van der Waals surface area contributed by atoms with Crippen molar-refractivity contribution in [2.45, 2.75) is 0 Å². The lowest BCUT2D eigenvalue weighted by molar-refractivity contribution is -0.113. The Morgan fingerprint density at radius 2 is 1.56 bits per heavy atom. The van der Waals surface area contributed by atoms with Gasteiger partial charge < -0.3 is 14.2 Å². The van der Waals surface area contributed by atoms with Crippen molar-refractivity contribution in [1.29, 1.82) is 0 Å². The van der Waals surface area contributed by atoms with E-state index in [-0.39, 0.29) is 4.91 Å². The van der Waals surface area contributed by atoms with Crippen LogP contribution in [0.15, 0.2) is 41.3 Å². The van der Waals surface area contributed by atoms with E-state index in [1.165, 1.54) is 45.6 Å². The number of rotatable bonds is 5. The molecule has 0 aliphatic carbocycles. The van der Waals surface area contributed by atoms with E-state index in [4.69, 9.17) is 14.2 Å². The molecule has 0 saturated carbocycles. The average Bonchev–Trinajstić information content (AvgIpc) is 2.95. The van der Waals surface area contributed by atoms with Crippen molar-refractivity contribution in [2.75, 3.05) is 26.2 Å². The zero-order chi connectivity index (χ0) is 19.6. The Labute approximate surface area is 159 Å². The van der Waals surface area contributed by atoms with Crippen LogP contribution in [0.4, 0.5) is 14.9 Å². The standard InChI is InChI=1S/C19H16FNO5S/c1-24-14-8-11(9-15(25-2)17(14)26-3)10-16-18(22)21(19(23)27-16)13-6-4-12(20)5-7-13/h4-10H,1-3H3/b16-10-. The third-order valence-electron chi connectivity index (χ3n) is 3.86. The SMILES string of the molecule is COc1cc(/C=C2\SC(=O)N(c3ccc(F)cc3)C2=O)cc(OC)c1OC. The highest BCUT2D eigenvalue weighted by Gasteiger charge is 2.36. The number of thioether (sulfide) groups is 1. The van der Waals surface area contributed by atoms with Crippen LogP contribution in [0.3, 0.4) is 0 Å². The highest BCUT2D eigenvalue weighted by molar-refractivity contribution is 8.19. The molecule has 0 radical (unpaired) electrons. The molecule has 0 unspecified atom stereocenters. The minimum absolute atomic E-state index is 0.235. The van der Waals surface area contributed by atoms with Gasteiger partial charge in [-0.25, -0.2) is 9.29 Å². The Kier molecular flexibility index (Phi) is 5.36. The van der Waals surface area contributed by atoms with E-state index in [1.54, 1.807) is 18.2 Å². The summed E-state index contributed by atoms with van der Waals surface area (Å²) in [4.78, 5) is 26.2. The zero-order valence-electron chi connectivity index (χ0n) is 14.8. The van der Waals surface area contributed by atoms with Crippen LogP contribution in [0.1, 0.15) is 5.56 Å². The molecular weight excluding hydrogens is 373 g/mol. The van der Waals surface area contributed by atoms with E-state index in [0.29, 0.717) is 28.5 Å². The molecule has 3 rings (SSSR count). The van der Waals surface area contributed by atoms with Gasteiger partial charge in [0.15, 0.2) is 11.5 Å². The molecule has 0 N–H and O–H groups in total. The Bertz CT molecular complexity index is 901. The fourth-order valence-electron chi connectivity index (χ4n) is 2.62. The minimum Gasteiger partial charge on any atom is -0.493 e. The van der Waals surface area contributed by atoms with Crippen LogP contribution in [0.5, 0.6) is 17.2 Å². The number of methoxy groups -OCH3 is 3. The second-order valence-corrected chi connectivity index (χ2v) is 6.45. The number of benzene rings is 2. The molecular formula is C19H16FNO5S. The first-order chi connectivity index (χ1) is 13.0. The lowest BCUT2D eigenvalue weighted by atomic mass is 10.1. The molecule has 1 saturated heterocycles. The van der Waals surface area contributed by atoms with Crippen LogP contribution in [0.2, 0.25) is 0 Å². The Hall–Kier alpha value is -3.00. The smallest absolute Gasteiger partial charge is 0.298 e. The molecule has 0 aromatic heterocycles. The van der Waals surface area contributed by atoms with E-state index in [9.17, 15) is 14.0 Å². The zero-order valence-corrected chi connectivity index (χ0v) is 15.6. The molecule has 140 valence electrons. The molecule has 0 bridgehead atoms. The highest BCUT2D eigenvalue weighted by atomic mass is 32.2. The predicted molar refractivity (Wildman–Crippen MR) is 101 cm³/mol. The topological polar surface area (TPSA) is 65.1 Å². The summed E-state index contributed by atoms with van der Waals surface area (Å²) in [7, 11) is 4.47. The van der Waals surface area contributed by atoms with Crippen molar-refractivity contribution in [1.82, 2.24) is 0 Å². The van der Waals surface area contributed by atoms with Crippen LogP contribution in [-0.2, 0) is 4.79 Å². The van der Waals surface area contributed by atoms with E-state index in [0.717, 1.165) is 16.7 Å². The maximum Gasteiger partial charge on any atom is 0.298 e. The fraction of sp³-hybridized carbons (Fsp3) is 0.158. The molecule has 2 aromatic carbocycles. The summed E-state index contributed by atoms with van der Waals surface area (Å²) in [6.07, 6.45) is 1.57. The van der Waals surface area contributed by atoms with Crippen molar-refractivity contribution in [3.8, 4) is 17.2 Å². The van der Waals surface area contributed by atoms with Crippen LogP contribution in [0, 0.1) is 5.82 Å². The summed E-state index contributed by atoms with van der Waals surface area (Å²) in [6.45, 7) is 0. The number of anilines is 1. The Morgan fingerprint density at radius 3 is 2.07 bits per heavy atom. The van der Waals surface area contributed by atoms with Gasteiger partial charge in [0.1, 0.15) is 5.82 Å². The predicted octanol–water partition coefficient (Wildman–Crippen LogP) is 4.09. The number of imide groups is 1. The number of ether oxygens (including phenoxy) is 3. The fourth-order valence-corrected chi connectivity index (χ4v) is 3.46. The number of hydrogen-bond donors (Lipinski definition) is 0. The maximum atomic E-state index is 13.1. The van der Waals surface area contributed by atoms with Crippen molar-refractivity contribution < 1.29 is 28.2 Å². The summed E-state index contributed by atoms with van der Waals surface area (Å²) in [5.41, 5.74) is 0.918. The van der Waals surface area contributed by atoms with Gasteiger partial charge in [-0.2, -0.15) is 0 Å². The summed E-state index contributed by atoms with van der Waals surface area (Å²) in [6, 6.07) is 8.51. The molecule has 0 spiro atoms. The average molecular weight is 389 g/mol.